The molecule has 3 heteroatoms. The number of rotatable bonds is 0. The maximum Gasteiger partial charge on any atom is 0.314 e. The van der Waals surface area contributed by atoms with E-state index in [2.05, 4.69) is 6.92 Å². The van der Waals surface area contributed by atoms with Crippen LogP contribution in [0.4, 0.5) is 4.79 Å². The lowest BCUT2D eigenvalue weighted by Gasteiger charge is -2.35. The van der Waals surface area contributed by atoms with Crippen molar-refractivity contribution < 1.29 is 4.79 Å². The molecule has 1 radical (unpaired) electrons. The summed E-state index contributed by atoms with van der Waals surface area (Å²) in [6.45, 7) is 5.19. The number of nitrogens with zero attached hydrogens (tertiary/aromatic N) is 1. The van der Waals surface area contributed by atoms with Crippen LogP contribution >= 0.6 is 0 Å². The summed E-state index contributed by atoms with van der Waals surface area (Å²) < 4.78 is 0. The van der Waals surface area contributed by atoms with Crippen LogP contribution in [0.5, 0.6) is 0 Å². The summed E-state index contributed by atoms with van der Waals surface area (Å²) in [6, 6.07) is -0.329. The lowest BCUT2D eigenvalue weighted by molar-refractivity contribution is 0.148. The molecule has 1 fully saturated rings. The van der Waals surface area contributed by atoms with Crippen LogP contribution in [0, 0.1) is 12.8 Å². The second-order valence-corrected chi connectivity index (χ2v) is 2.11. The fourth-order valence-corrected chi connectivity index (χ4v) is 0.750. The minimum Gasteiger partial charge on any atom is -0.351 e. The number of primary amides is 1. The zero-order valence-electron chi connectivity index (χ0n) is 4.63. The van der Waals surface area contributed by atoms with Crippen LogP contribution in [0.1, 0.15) is 0 Å². The van der Waals surface area contributed by atoms with Crippen molar-refractivity contribution in [1.29, 1.82) is 0 Å². The Morgan fingerprint density at radius 3 is 2.38 bits per heavy atom. The van der Waals surface area contributed by atoms with Gasteiger partial charge in [-0.2, -0.15) is 0 Å². The molecule has 3 nitrogen and oxygen atoms in total. The molecule has 1 aliphatic rings. The summed E-state index contributed by atoms with van der Waals surface area (Å²) in [4.78, 5) is 11.8. The van der Waals surface area contributed by atoms with Gasteiger partial charge in [0.1, 0.15) is 0 Å². The Labute approximate surface area is 48.5 Å². The van der Waals surface area contributed by atoms with Gasteiger partial charge in [-0.15, -0.1) is 0 Å². The lowest BCUT2D eigenvalue weighted by atomic mass is 10.0. The Kier molecular flexibility index (Phi) is 1.12. The Balaban J connectivity index is 2.25. The van der Waals surface area contributed by atoms with Crippen molar-refractivity contribution in [2.75, 3.05) is 13.1 Å². The highest BCUT2D eigenvalue weighted by atomic mass is 16.2. The summed E-state index contributed by atoms with van der Waals surface area (Å²) in [6.07, 6.45) is 0. The van der Waals surface area contributed by atoms with Crippen molar-refractivity contribution in [3.8, 4) is 0 Å². The highest BCUT2D eigenvalue weighted by molar-refractivity contribution is 5.72. The Morgan fingerprint density at radius 2 is 2.25 bits per heavy atom. The van der Waals surface area contributed by atoms with Gasteiger partial charge >= 0.3 is 6.03 Å². The predicted molar refractivity (Wildman–Crippen MR) is 30.0 cm³/mol. The van der Waals surface area contributed by atoms with E-state index in [-0.39, 0.29) is 6.03 Å². The van der Waals surface area contributed by atoms with Crippen LogP contribution in [0.2, 0.25) is 0 Å². The van der Waals surface area contributed by atoms with E-state index in [0.29, 0.717) is 5.92 Å². The summed E-state index contributed by atoms with van der Waals surface area (Å²) in [5.41, 5.74) is 4.92. The molecule has 0 bridgehead atoms. The van der Waals surface area contributed by atoms with E-state index in [1.165, 1.54) is 0 Å². The molecule has 1 aliphatic heterocycles. The molecule has 1 rings (SSSR count). The number of urea groups is 1. The Bertz CT molecular complexity index is 107. The summed E-state index contributed by atoms with van der Waals surface area (Å²) in [5, 5.41) is 0. The normalized spacial score (nSPS) is 20.4. The third kappa shape index (κ3) is 0.757. The van der Waals surface area contributed by atoms with E-state index in [9.17, 15) is 4.79 Å². The number of carbonyl (C=O) groups is 1. The van der Waals surface area contributed by atoms with E-state index in [0.717, 1.165) is 13.1 Å². The minimum absolute atomic E-state index is 0.329. The third-order valence-electron chi connectivity index (χ3n) is 1.27. The fraction of sp³-hybridized carbons (Fsp3) is 0.600. The van der Waals surface area contributed by atoms with Crippen LogP contribution in [0.3, 0.4) is 0 Å². The molecule has 0 aromatic heterocycles. The predicted octanol–water partition coefficient (Wildman–Crippen LogP) is -0.169. The molecule has 0 spiro atoms. The smallest absolute Gasteiger partial charge is 0.314 e. The highest BCUT2D eigenvalue weighted by Crippen LogP contribution is 2.11. The van der Waals surface area contributed by atoms with Gasteiger partial charge in [0.2, 0.25) is 0 Å². The van der Waals surface area contributed by atoms with Crippen LogP contribution in [0.15, 0.2) is 0 Å². The van der Waals surface area contributed by atoms with E-state index in [1.54, 1.807) is 4.90 Å². The molecule has 0 aliphatic carbocycles. The second kappa shape index (κ2) is 1.65. The molecule has 0 unspecified atom stereocenters. The van der Waals surface area contributed by atoms with Crippen molar-refractivity contribution in [3.63, 3.8) is 0 Å². The SMILES string of the molecule is [CH2]C1CN(C(N)=O)C1. The first kappa shape index (κ1) is 5.41. The summed E-state index contributed by atoms with van der Waals surface area (Å²) in [7, 11) is 0. The molecule has 0 saturated carbocycles. The van der Waals surface area contributed by atoms with Crippen LogP contribution < -0.4 is 5.73 Å². The summed E-state index contributed by atoms with van der Waals surface area (Å²) in [5.74, 6) is 0.405. The van der Waals surface area contributed by atoms with Gasteiger partial charge in [0, 0.05) is 13.1 Å². The van der Waals surface area contributed by atoms with Crippen molar-refractivity contribution >= 4 is 6.03 Å². The maximum absolute atomic E-state index is 10.2. The average molecular weight is 113 g/mol. The van der Waals surface area contributed by atoms with Crippen molar-refractivity contribution in [1.82, 2.24) is 4.90 Å². The monoisotopic (exact) mass is 113 g/mol. The van der Waals surface area contributed by atoms with Gasteiger partial charge in [-0.05, 0) is 12.8 Å². The second-order valence-electron chi connectivity index (χ2n) is 2.11. The van der Waals surface area contributed by atoms with Crippen molar-refractivity contribution in [2.45, 2.75) is 0 Å². The number of likely N-dealkylation sites (tertiary alicyclic amines) is 1. The lowest BCUT2D eigenvalue weighted by Crippen LogP contribution is -2.51. The summed E-state index contributed by atoms with van der Waals surface area (Å²) >= 11 is 0. The topological polar surface area (TPSA) is 46.3 Å². The maximum atomic E-state index is 10.2. The molecule has 2 amide bonds. The van der Waals surface area contributed by atoms with Gasteiger partial charge in [-0.1, -0.05) is 0 Å². The van der Waals surface area contributed by atoms with Crippen molar-refractivity contribution in [2.24, 2.45) is 11.7 Å². The fourth-order valence-electron chi connectivity index (χ4n) is 0.750. The first-order valence-electron chi connectivity index (χ1n) is 2.57. The highest BCUT2D eigenvalue weighted by Gasteiger charge is 2.24. The molecule has 45 valence electrons. The largest absolute Gasteiger partial charge is 0.351 e. The first-order chi connectivity index (χ1) is 3.70. The Morgan fingerprint density at radius 1 is 1.75 bits per heavy atom. The van der Waals surface area contributed by atoms with E-state index in [4.69, 9.17) is 5.73 Å². The van der Waals surface area contributed by atoms with Gasteiger partial charge in [-0.3, -0.25) is 0 Å². The quantitative estimate of drug-likeness (QED) is 0.466. The molecule has 1 heterocycles. The van der Waals surface area contributed by atoms with Gasteiger partial charge < -0.3 is 10.6 Å². The van der Waals surface area contributed by atoms with Gasteiger partial charge in [-0.25, -0.2) is 4.79 Å². The van der Waals surface area contributed by atoms with Gasteiger partial charge in [0.05, 0.1) is 0 Å². The van der Waals surface area contributed by atoms with E-state index >= 15 is 0 Å². The Hall–Kier alpha value is -0.730. The van der Waals surface area contributed by atoms with Crippen molar-refractivity contribution in [3.05, 3.63) is 6.92 Å². The number of hydrogen-bond acceptors (Lipinski definition) is 1. The zero-order chi connectivity index (χ0) is 6.15. The van der Waals surface area contributed by atoms with E-state index in [1.807, 2.05) is 0 Å². The molecule has 0 aromatic rings. The first-order valence-corrected chi connectivity index (χ1v) is 2.57. The third-order valence-corrected chi connectivity index (χ3v) is 1.27. The molecule has 0 atom stereocenters. The van der Waals surface area contributed by atoms with Crippen LogP contribution in [0.25, 0.3) is 0 Å². The van der Waals surface area contributed by atoms with Crippen LogP contribution in [-0.4, -0.2) is 24.0 Å². The average Bonchev–Trinajstić information content (AvgIpc) is 1.57. The number of carbonyl (C=O) groups excluding carboxylic acids is 1. The molecule has 2 N–H and O–H groups in total. The minimum atomic E-state index is -0.329. The molecule has 1 saturated heterocycles. The van der Waals surface area contributed by atoms with Gasteiger partial charge in [0.25, 0.3) is 0 Å². The van der Waals surface area contributed by atoms with Gasteiger partial charge in [0.15, 0.2) is 0 Å². The van der Waals surface area contributed by atoms with Crippen LogP contribution in [-0.2, 0) is 0 Å². The number of nitrogens with two attached hydrogens (primary N) is 1. The molecule has 8 heavy (non-hydrogen) atoms. The zero-order valence-corrected chi connectivity index (χ0v) is 4.63. The molecule has 0 aromatic carbocycles. The number of amides is 2. The molecular weight excluding hydrogens is 104 g/mol. The molecular formula is C5H9N2O. The van der Waals surface area contributed by atoms with E-state index < -0.39 is 0 Å². The standard InChI is InChI=1S/C5H9N2O/c1-4-2-7(3-4)5(6)8/h4H,1-3H2,(H2,6,8). The number of hydrogen-bond donors (Lipinski definition) is 1.